The van der Waals surface area contributed by atoms with Crippen molar-refractivity contribution in [2.45, 2.75) is 36.5 Å². The van der Waals surface area contributed by atoms with Crippen LogP contribution in [0.1, 0.15) is 36.3 Å². The largest absolute Gasteiger partial charge is 0.316 e. The molecule has 0 radical (unpaired) electrons. The highest BCUT2D eigenvalue weighted by molar-refractivity contribution is 7.89. The zero-order chi connectivity index (χ0) is 23.7. The first kappa shape index (κ1) is 23.4. The highest BCUT2D eigenvalue weighted by Crippen LogP contribution is 2.48. The number of ketones is 1. The number of aromatic nitrogens is 1. The van der Waals surface area contributed by atoms with Crippen LogP contribution < -0.4 is 10.0 Å². The molecule has 0 amide bonds. The molecule has 2 heterocycles. The van der Waals surface area contributed by atoms with Gasteiger partial charge >= 0.3 is 0 Å². The van der Waals surface area contributed by atoms with Gasteiger partial charge in [-0.25, -0.2) is 13.1 Å². The first-order valence-corrected chi connectivity index (χ1v) is 13.6. The van der Waals surface area contributed by atoms with Gasteiger partial charge in [-0.05, 0) is 73.5 Å². The van der Waals surface area contributed by atoms with E-state index in [-0.39, 0.29) is 22.5 Å². The Morgan fingerprint density at radius 3 is 2.74 bits per heavy atom. The minimum absolute atomic E-state index is 0.0250. The third-order valence-electron chi connectivity index (χ3n) is 6.94. The third kappa shape index (κ3) is 5.18. The molecule has 2 N–H and O–H groups in total. The average Bonchev–Trinajstić information content (AvgIpc) is 3.65. The number of piperidine rings is 1. The molecule has 2 aromatic carbocycles. The first-order chi connectivity index (χ1) is 16.4. The van der Waals surface area contributed by atoms with Gasteiger partial charge in [0.05, 0.1) is 9.92 Å². The molecule has 1 aliphatic heterocycles. The van der Waals surface area contributed by atoms with Crippen LogP contribution in [0, 0.1) is 11.8 Å². The van der Waals surface area contributed by atoms with Gasteiger partial charge < -0.3 is 5.32 Å². The highest BCUT2D eigenvalue weighted by Gasteiger charge is 2.43. The van der Waals surface area contributed by atoms with Crippen molar-refractivity contribution < 1.29 is 13.2 Å². The number of hydrogen-bond acceptors (Lipinski definition) is 5. The molecule has 1 saturated carbocycles. The fourth-order valence-electron chi connectivity index (χ4n) is 4.84. The lowest BCUT2D eigenvalue weighted by Gasteiger charge is -2.22. The van der Waals surface area contributed by atoms with Gasteiger partial charge in [0.1, 0.15) is 5.78 Å². The lowest BCUT2D eigenvalue weighted by molar-refractivity contribution is -0.119. The Balaban J connectivity index is 1.19. The van der Waals surface area contributed by atoms with Crippen LogP contribution in [0.25, 0.3) is 10.8 Å². The molecule has 0 spiro atoms. The second-order valence-corrected chi connectivity index (χ2v) is 11.6. The smallest absolute Gasteiger partial charge is 0.240 e. The van der Waals surface area contributed by atoms with Gasteiger partial charge in [0.25, 0.3) is 0 Å². The van der Waals surface area contributed by atoms with Crippen LogP contribution in [-0.4, -0.2) is 38.8 Å². The zero-order valence-corrected chi connectivity index (χ0v) is 20.4. The summed E-state index contributed by atoms with van der Waals surface area (Å²) in [5, 5.41) is 5.74. The molecular weight excluding hydrogens is 470 g/mol. The average molecular weight is 498 g/mol. The number of rotatable bonds is 8. The summed E-state index contributed by atoms with van der Waals surface area (Å²) in [6, 6.07) is 12.8. The summed E-state index contributed by atoms with van der Waals surface area (Å²) >= 11 is 6.25. The number of carbonyl (C=O) groups is 1. The van der Waals surface area contributed by atoms with Gasteiger partial charge in [0, 0.05) is 42.0 Å². The number of nitrogens with zero attached hydrogens (tertiary/aromatic N) is 1. The van der Waals surface area contributed by atoms with Crippen LogP contribution in [0.3, 0.4) is 0 Å². The molecule has 2 fully saturated rings. The van der Waals surface area contributed by atoms with Gasteiger partial charge in [0.2, 0.25) is 10.0 Å². The number of carbonyl (C=O) groups excluding carboxylic acids is 1. The zero-order valence-electron chi connectivity index (χ0n) is 18.8. The number of hydrogen-bond donors (Lipinski definition) is 2. The van der Waals surface area contributed by atoms with Crippen LogP contribution in [0.4, 0.5) is 0 Å². The van der Waals surface area contributed by atoms with Crippen molar-refractivity contribution in [3.8, 4) is 0 Å². The molecule has 1 aromatic heterocycles. The van der Waals surface area contributed by atoms with Crippen molar-refractivity contribution in [2.75, 3.05) is 19.6 Å². The molecule has 3 atom stereocenters. The Morgan fingerprint density at radius 2 is 1.97 bits per heavy atom. The highest BCUT2D eigenvalue weighted by atomic mass is 35.5. The molecular formula is C26H28ClN3O3S. The molecule has 178 valence electrons. The minimum atomic E-state index is -3.53. The van der Waals surface area contributed by atoms with Crippen LogP contribution >= 0.6 is 11.6 Å². The number of fused-ring (bicyclic) bond motifs is 1. The Morgan fingerprint density at radius 1 is 1.15 bits per heavy atom. The second kappa shape index (κ2) is 9.74. The summed E-state index contributed by atoms with van der Waals surface area (Å²) in [4.78, 5) is 17.2. The molecule has 1 saturated heterocycles. The molecule has 5 rings (SSSR count). The molecule has 3 aromatic rings. The predicted molar refractivity (Wildman–Crippen MR) is 134 cm³/mol. The third-order valence-corrected chi connectivity index (χ3v) is 8.68. The molecule has 6 nitrogen and oxygen atoms in total. The van der Waals surface area contributed by atoms with Crippen molar-refractivity contribution in [3.63, 3.8) is 0 Å². The fourth-order valence-corrected chi connectivity index (χ4v) is 6.18. The maximum Gasteiger partial charge on any atom is 0.240 e. The normalized spacial score (nSPS) is 22.6. The summed E-state index contributed by atoms with van der Waals surface area (Å²) in [5.41, 5.74) is 1.96. The lowest BCUT2D eigenvalue weighted by atomic mass is 10.0. The standard InChI is InChI=1S/C26H28ClN3O3S/c27-25-16-29-15-20-4-3-17(10-23(20)25)11-26(31)24-12-22(24)19-5-7-21(8-6-19)34(32,33)30-14-18-2-1-9-28-13-18/h3-8,10,15-16,18,22,24,28,30H,1-2,9,11-14H2/t18-,22+,24-/m1/s1. The maximum absolute atomic E-state index is 12.9. The summed E-state index contributed by atoms with van der Waals surface area (Å²) < 4.78 is 28.1. The van der Waals surface area contributed by atoms with E-state index < -0.39 is 10.0 Å². The number of pyridine rings is 1. The second-order valence-electron chi connectivity index (χ2n) is 9.40. The fraction of sp³-hybridized carbons (Fsp3) is 0.385. The summed E-state index contributed by atoms with van der Waals surface area (Å²) in [6.07, 6.45) is 6.65. The maximum atomic E-state index is 12.9. The number of sulfonamides is 1. The summed E-state index contributed by atoms with van der Waals surface area (Å²) in [6.45, 7) is 2.30. The van der Waals surface area contributed by atoms with Crippen LogP contribution in [0.15, 0.2) is 59.8 Å². The molecule has 34 heavy (non-hydrogen) atoms. The van der Waals surface area contributed by atoms with E-state index in [4.69, 9.17) is 11.6 Å². The summed E-state index contributed by atoms with van der Waals surface area (Å²) in [5.74, 6) is 0.659. The van der Waals surface area contributed by atoms with E-state index in [1.54, 1.807) is 24.5 Å². The molecule has 1 aliphatic carbocycles. The van der Waals surface area contributed by atoms with Gasteiger partial charge in [0.15, 0.2) is 0 Å². The van der Waals surface area contributed by atoms with Crippen LogP contribution in [0.5, 0.6) is 0 Å². The van der Waals surface area contributed by atoms with Gasteiger partial charge in [-0.15, -0.1) is 0 Å². The monoisotopic (exact) mass is 497 g/mol. The molecule has 2 aliphatic rings. The first-order valence-electron chi connectivity index (χ1n) is 11.8. The minimum Gasteiger partial charge on any atom is -0.316 e. The molecule has 0 unspecified atom stereocenters. The Labute approximate surface area is 205 Å². The number of nitrogens with one attached hydrogen (secondary N) is 2. The van der Waals surface area contributed by atoms with E-state index in [1.807, 2.05) is 30.3 Å². The Bertz CT molecular complexity index is 1300. The van der Waals surface area contributed by atoms with Crippen molar-refractivity contribution in [2.24, 2.45) is 11.8 Å². The topological polar surface area (TPSA) is 88.2 Å². The van der Waals surface area contributed by atoms with Gasteiger partial charge in [-0.3, -0.25) is 9.78 Å². The SMILES string of the molecule is O=C(Cc1ccc2cncc(Cl)c2c1)[C@@H]1C[C@H]1c1ccc(S(=O)(=O)NC[C@@H]2CCCNC2)cc1. The van der Waals surface area contributed by atoms with Crippen LogP contribution in [0.2, 0.25) is 5.02 Å². The van der Waals surface area contributed by atoms with Crippen molar-refractivity contribution in [1.29, 1.82) is 0 Å². The number of halogens is 1. The van der Waals surface area contributed by atoms with Crippen LogP contribution in [-0.2, 0) is 21.2 Å². The lowest BCUT2D eigenvalue weighted by Crippen LogP contribution is -2.38. The number of Topliss-reactive ketones (excluding diaryl/α,β-unsaturated/α-hetero) is 1. The Hall–Kier alpha value is -2.32. The van der Waals surface area contributed by atoms with Crippen molar-refractivity contribution in [1.82, 2.24) is 15.0 Å². The molecule has 8 heteroatoms. The van der Waals surface area contributed by atoms with Crippen molar-refractivity contribution >= 4 is 38.2 Å². The van der Waals surface area contributed by atoms with E-state index >= 15 is 0 Å². The van der Waals surface area contributed by atoms with E-state index in [9.17, 15) is 13.2 Å². The number of benzene rings is 2. The van der Waals surface area contributed by atoms with Gasteiger partial charge in [-0.1, -0.05) is 35.9 Å². The van der Waals surface area contributed by atoms with Crippen molar-refractivity contribution in [3.05, 3.63) is 71.0 Å². The van der Waals surface area contributed by atoms with Gasteiger partial charge in [-0.2, -0.15) is 0 Å². The molecule has 0 bridgehead atoms. The predicted octanol–water partition coefficient (Wildman–Crippen LogP) is 4.08. The summed E-state index contributed by atoms with van der Waals surface area (Å²) in [7, 11) is -3.53. The van der Waals surface area contributed by atoms with E-state index in [0.717, 1.165) is 54.3 Å². The van der Waals surface area contributed by atoms with E-state index in [1.165, 1.54) is 0 Å². The van der Waals surface area contributed by atoms with E-state index in [0.29, 0.717) is 23.9 Å². The Kier molecular flexibility index (Phi) is 6.71. The van der Waals surface area contributed by atoms with E-state index in [2.05, 4.69) is 15.0 Å². The quantitative estimate of drug-likeness (QED) is 0.489.